The first-order valence-electron chi connectivity index (χ1n) is 8.65. The van der Waals surface area contributed by atoms with Crippen molar-refractivity contribution in [2.75, 3.05) is 39.2 Å². The molecule has 0 radical (unpaired) electrons. The molecule has 2 atom stereocenters. The van der Waals surface area contributed by atoms with E-state index in [4.69, 9.17) is 0 Å². The number of hydrogen-bond donors (Lipinski definition) is 2. The molecule has 1 saturated heterocycles. The molecule has 3 rings (SSSR count). The Morgan fingerprint density at radius 2 is 2.33 bits per heavy atom. The van der Waals surface area contributed by atoms with Gasteiger partial charge in [0.2, 0.25) is 0 Å². The lowest BCUT2D eigenvalue weighted by molar-refractivity contribution is 0.182. The van der Waals surface area contributed by atoms with Crippen LogP contribution in [0.25, 0.3) is 0 Å². The van der Waals surface area contributed by atoms with Crippen LogP contribution < -0.4 is 10.6 Å². The molecule has 134 valence electrons. The second kappa shape index (κ2) is 7.31. The summed E-state index contributed by atoms with van der Waals surface area (Å²) in [5.74, 6) is 5.26. The third-order valence-corrected chi connectivity index (χ3v) is 6.38. The Hall–Kier alpha value is -1.28. The van der Waals surface area contributed by atoms with Gasteiger partial charge in [-0.2, -0.15) is 16.9 Å². The van der Waals surface area contributed by atoms with Gasteiger partial charge in [0.05, 0.1) is 6.54 Å². The number of fused-ring (bicyclic) bond motifs is 1. The van der Waals surface area contributed by atoms with Crippen LogP contribution in [-0.2, 0) is 13.0 Å². The lowest BCUT2D eigenvalue weighted by Crippen LogP contribution is -2.56. The van der Waals surface area contributed by atoms with Crippen LogP contribution in [0.2, 0.25) is 0 Å². The normalized spacial score (nSPS) is 27.4. The van der Waals surface area contributed by atoms with E-state index in [0.29, 0.717) is 6.04 Å². The maximum atomic E-state index is 4.47. The van der Waals surface area contributed by atoms with E-state index in [1.54, 1.807) is 0 Å². The van der Waals surface area contributed by atoms with Crippen LogP contribution in [0.5, 0.6) is 0 Å². The van der Waals surface area contributed by atoms with Crippen LogP contribution in [-0.4, -0.2) is 76.4 Å². The van der Waals surface area contributed by atoms with E-state index < -0.39 is 0 Å². The highest BCUT2D eigenvalue weighted by atomic mass is 32.2. The van der Waals surface area contributed by atoms with Crippen molar-refractivity contribution in [3.63, 3.8) is 0 Å². The number of aromatic nitrogens is 3. The number of rotatable bonds is 4. The molecule has 3 heterocycles. The molecule has 1 fully saturated rings. The monoisotopic (exact) mass is 351 g/mol. The maximum Gasteiger partial charge on any atom is 0.191 e. The fraction of sp³-hybridized carbons (Fsp3) is 0.812. The molecule has 0 spiro atoms. The summed E-state index contributed by atoms with van der Waals surface area (Å²) in [7, 11) is 6.20. The topological polar surface area (TPSA) is 70.4 Å². The zero-order chi connectivity index (χ0) is 17.2. The number of nitrogens with one attached hydrogen (secondary N) is 2. The molecule has 24 heavy (non-hydrogen) atoms. The molecular formula is C16H29N7S. The number of likely N-dealkylation sites (N-methyl/N-ethyl adjacent to an activating group) is 1. The van der Waals surface area contributed by atoms with E-state index in [0.717, 1.165) is 43.5 Å². The zero-order valence-corrected chi connectivity index (χ0v) is 16.0. The highest BCUT2D eigenvalue weighted by Gasteiger charge is 2.36. The average molecular weight is 352 g/mol. The standard InChI is InChI=1S/C16H29N7S/c1-12-19-14-6-5-13(9-23(14)21-12)20-15(17-2)18-10-16(22(3)4)7-8-24-11-16/h13H,5-11H2,1-4H3,(H2,17,18,20). The number of aliphatic imine (C=N–C) groups is 1. The first-order chi connectivity index (χ1) is 11.5. The van der Waals surface area contributed by atoms with Crippen molar-refractivity contribution in [1.29, 1.82) is 0 Å². The van der Waals surface area contributed by atoms with Crippen LogP contribution >= 0.6 is 11.8 Å². The van der Waals surface area contributed by atoms with Gasteiger partial charge in [-0.15, -0.1) is 0 Å². The molecule has 2 aliphatic heterocycles. The molecule has 0 amide bonds. The van der Waals surface area contributed by atoms with Crippen molar-refractivity contribution in [3.8, 4) is 0 Å². The first kappa shape index (κ1) is 17.5. The molecule has 1 aromatic rings. The molecular weight excluding hydrogens is 322 g/mol. The fourth-order valence-corrected chi connectivity index (χ4v) is 4.99. The zero-order valence-electron chi connectivity index (χ0n) is 15.2. The van der Waals surface area contributed by atoms with E-state index in [1.165, 1.54) is 17.9 Å². The second-order valence-electron chi connectivity index (χ2n) is 6.98. The number of nitrogens with zero attached hydrogens (tertiary/aromatic N) is 5. The summed E-state index contributed by atoms with van der Waals surface area (Å²) in [5, 5.41) is 11.6. The van der Waals surface area contributed by atoms with E-state index in [2.05, 4.69) is 44.7 Å². The Morgan fingerprint density at radius 1 is 1.50 bits per heavy atom. The van der Waals surface area contributed by atoms with Gasteiger partial charge in [-0.05, 0) is 39.6 Å². The van der Waals surface area contributed by atoms with E-state index in [1.807, 2.05) is 30.4 Å². The van der Waals surface area contributed by atoms with Gasteiger partial charge in [0, 0.05) is 37.3 Å². The van der Waals surface area contributed by atoms with Crippen LogP contribution in [0.1, 0.15) is 24.5 Å². The van der Waals surface area contributed by atoms with Crippen LogP contribution in [0, 0.1) is 6.92 Å². The molecule has 2 N–H and O–H groups in total. The molecule has 2 unspecified atom stereocenters. The molecule has 1 aromatic heterocycles. The lowest BCUT2D eigenvalue weighted by Gasteiger charge is -2.36. The van der Waals surface area contributed by atoms with Crippen molar-refractivity contribution < 1.29 is 0 Å². The third-order valence-electron chi connectivity index (χ3n) is 5.14. The summed E-state index contributed by atoms with van der Waals surface area (Å²) in [5.41, 5.74) is 0.227. The van der Waals surface area contributed by atoms with Gasteiger partial charge >= 0.3 is 0 Å². The molecule has 0 bridgehead atoms. The van der Waals surface area contributed by atoms with Gasteiger partial charge in [0.1, 0.15) is 11.6 Å². The quantitative estimate of drug-likeness (QED) is 0.608. The molecule has 0 saturated carbocycles. The SMILES string of the molecule is CN=C(NCC1(N(C)C)CCSC1)NC1CCc2nc(C)nn2C1. The number of thioether (sulfide) groups is 1. The maximum absolute atomic E-state index is 4.47. The number of guanidine groups is 1. The van der Waals surface area contributed by atoms with Gasteiger partial charge in [0.15, 0.2) is 5.96 Å². The second-order valence-corrected chi connectivity index (χ2v) is 8.09. The van der Waals surface area contributed by atoms with E-state index in [9.17, 15) is 0 Å². The van der Waals surface area contributed by atoms with Gasteiger partial charge in [-0.1, -0.05) is 0 Å². The predicted octanol–water partition coefficient (Wildman–Crippen LogP) is 0.504. The lowest BCUT2D eigenvalue weighted by atomic mass is 9.97. The van der Waals surface area contributed by atoms with Crippen molar-refractivity contribution in [1.82, 2.24) is 30.3 Å². The summed E-state index contributed by atoms with van der Waals surface area (Å²) >= 11 is 2.04. The van der Waals surface area contributed by atoms with Crippen molar-refractivity contribution in [2.24, 2.45) is 4.99 Å². The first-order valence-corrected chi connectivity index (χ1v) is 9.80. The summed E-state index contributed by atoms with van der Waals surface area (Å²) < 4.78 is 2.03. The Kier molecular flexibility index (Phi) is 5.34. The Labute approximate surface area is 148 Å². The molecule has 0 aliphatic carbocycles. The third kappa shape index (κ3) is 3.69. The predicted molar refractivity (Wildman–Crippen MR) is 99.7 cm³/mol. The van der Waals surface area contributed by atoms with Crippen molar-refractivity contribution >= 4 is 17.7 Å². The highest BCUT2D eigenvalue weighted by molar-refractivity contribution is 7.99. The number of hydrogen-bond acceptors (Lipinski definition) is 5. The Morgan fingerprint density at radius 3 is 3.00 bits per heavy atom. The smallest absolute Gasteiger partial charge is 0.191 e. The summed E-state index contributed by atoms with van der Waals surface area (Å²) in [6, 6.07) is 0.345. The molecule has 7 nitrogen and oxygen atoms in total. The minimum absolute atomic E-state index is 0.227. The Balaban J connectivity index is 1.56. The largest absolute Gasteiger partial charge is 0.355 e. The molecule has 2 aliphatic rings. The van der Waals surface area contributed by atoms with E-state index in [-0.39, 0.29) is 5.54 Å². The summed E-state index contributed by atoms with van der Waals surface area (Å²) in [4.78, 5) is 11.3. The summed E-state index contributed by atoms with van der Waals surface area (Å²) in [6.07, 6.45) is 3.25. The molecule has 8 heteroatoms. The van der Waals surface area contributed by atoms with Crippen LogP contribution in [0.3, 0.4) is 0 Å². The minimum atomic E-state index is 0.227. The fourth-order valence-electron chi connectivity index (χ4n) is 3.43. The highest BCUT2D eigenvalue weighted by Crippen LogP contribution is 2.31. The van der Waals surface area contributed by atoms with Gasteiger partial charge in [-0.25, -0.2) is 9.67 Å². The van der Waals surface area contributed by atoms with Crippen LogP contribution in [0.15, 0.2) is 4.99 Å². The Bertz CT molecular complexity index is 589. The van der Waals surface area contributed by atoms with E-state index >= 15 is 0 Å². The molecule has 0 aromatic carbocycles. The summed E-state index contributed by atoms with van der Waals surface area (Å²) in [6.45, 7) is 3.73. The van der Waals surface area contributed by atoms with Gasteiger partial charge < -0.3 is 15.5 Å². The van der Waals surface area contributed by atoms with Gasteiger partial charge in [-0.3, -0.25) is 4.99 Å². The van der Waals surface area contributed by atoms with Crippen molar-refractivity contribution in [2.45, 2.75) is 44.3 Å². The average Bonchev–Trinajstić information content (AvgIpc) is 3.17. The van der Waals surface area contributed by atoms with Crippen molar-refractivity contribution in [3.05, 3.63) is 11.6 Å². The number of aryl methyl sites for hydroxylation is 2. The van der Waals surface area contributed by atoms with Gasteiger partial charge in [0.25, 0.3) is 0 Å². The minimum Gasteiger partial charge on any atom is -0.355 e. The van der Waals surface area contributed by atoms with Crippen LogP contribution in [0.4, 0.5) is 0 Å².